The Morgan fingerprint density at radius 1 is 1.29 bits per heavy atom. The fourth-order valence-corrected chi connectivity index (χ4v) is 2.77. The number of carbonyl (C=O) groups excluding carboxylic acids is 1. The Labute approximate surface area is 128 Å². The fraction of sp³-hybridized carbons (Fsp3) is 0.938. The maximum atomic E-state index is 12.2. The van der Waals surface area contributed by atoms with Gasteiger partial charge in [0.25, 0.3) is 0 Å². The molecule has 1 aliphatic carbocycles. The molecule has 124 valence electrons. The van der Waals surface area contributed by atoms with Crippen LogP contribution in [0.15, 0.2) is 0 Å². The van der Waals surface area contributed by atoms with E-state index in [2.05, 4.69) is 12.2 Å². The van der Waals surface area contributed by atoms with E-state index in [1.165, 1.54) is 0 Å². The summed E-state index contributed by atoms with van der Waals surface area (Å²) in [7, 11) is 1.83. The molecule has 1 N–H and O–H groups in total. The van der Waals surface area contributed by atoms with Crippen LogP contribution in [0.4, 0.5) is 0 Å². The Morgan fingerprint density at radius 3 is 2.76 bits per heavy atom. The lowest BCUT2D eigenvalue weighted by atomic mass is 9.80. The molecule has 2 atom stereocenters. The zero-order valence-corrected chi connectivity index (χ0v) is 13.8. The highest BCUT2D eigenvalue weighted by Crippen LogP contribution is 2.31. The molecule has 0 aromatic rings. The summed E-state index contributed by atoms with van der Waals surface area (Å²) in [5.74, 6) is -0.153. The van der Waals surface area contributed by atoms with E-state index in [-0.39, 0.29) is 12.1 Å². The molecule has 0 spiro atoms. The number of hydrogen-bond donors (Lipinski definition) is 1. The summed E-state index contributed by atoms with van der Waals surface area (Å²) in [6.07, 6.45) is 5.80. The minimum Gasteiger partial charge on any atom is -0.465 e. The molecule has 21 heavy (non-hydrogen) atoms. The van der Waals surface area contributed by atoms with Crippen molar-refractivity contribution in [2.45, 2.75) is 64.0 Å². The summed E-state index contributed by atoms with van der Waals surface area (Å²) in [6, 6.07) is 0. The smallest absolute Gasteiger partial charge is 0.326 e. The molecule has 0 radical (unpaired) electrons. The van der Waals surface area contributed by atoms with Crippen LogP contribution in [0.25, 0.3) is 0 Å². The average molecular weight is 301 g/mol. The monoisotopic (exact) mass is 301 g/mol. The summed E-state index contributed by atoms with van der Waals surface area (Å²) in [4.78, 5) is 12.2. The molecular weight excluding hydrogens is 270 g/mol. The summed E-state index contributed by atoms with van der Waals surface area (Å²) >= 11 is 0. The Kier molecular flexibility index (Phi) is 8.88. The highest BCUT2D eigenvalue weighted by Gasteiger charge is 2.43. The standard InChI is InChI=1S/C16H31NO4/c1-4-6-10-19-11-12-21-14-8-7-9-16(13-14,17-3)15(18)20-5-2/h14,17H,4-13H2,1-3H3. The molecule has 0 amide bonds. The van der Waals surface area contributed by atoms with Crippen molar-refractivity contribution in [2.75, 3.05) is 33.5 Å². The van der Waals surface area contributed by atoms with E-state index in [4.69, 9.17) is 14.2 Å². The molecule has 0 saturated heterocycles. The van der Waals surface area contributed by atoms with Crippen molar-refractivity contribution >= 4 is 5.97 Å². The minimum absolute atomic E-state index is 0.102. The van der Waals surface area contributed by atoms with Crippen LogP contribution < -0.4 is 5.32 Å². The number of esters is 1. The molecule has 0 aromatic heterocycles. The van der Waals surface area contributed by atoms with Crippen LogP contribution in [0.2, 0.25) is 0 Å². The van der Waals surface area contributed by atoms with Crippen molar-refractivity contribution in [1.82, 2.24) is 5.32 Å². The molecule has 1 aliphatic rings. The van der Waals surface area contributed by atoms with Crippen molar-refractivity contribution in [3.63, 3.8) is 0 Å². The first-order chi connectivity index (χ1) is 10.2. The number of nitrogens with one attached hydrogen (secondary N) is 1. The van der Waals surface area contributed by atoms with Crippen molar-refractivity contribution < 1.29 is 19.0 Å². The van der Waals surface area contributed by atoms with E-state index in [1.807, 2.05) is 14.0 Å². The normalized spacial score (nSPS) is 25.8. The molecule has 1 rings (SSSR count). The highest BCUT2D eigenvalue weighted by atomic mass is 16.5. The van der Waals surface area contributed by atoms with E-state index < -0.39 is 5.54 Å². The first kappa shape index (κ1) is 18.4. The number of hydrogen-bond acceptors (Lipinski definition) is 5. The second-order valence-electron chi connectivity index (χ2n) is 5.61. The van der Waals surface area contributed by atoms with Gasteiger partial charge >= 0.3 is 5.97 Å². The summed E-state index contributed by atoms with van der Waals surface area (Å²) < 4.78 is 16.6. The van der Waals surface area contributed by atoms with Gasteiger partial charge < -0.3 is 19.5 Å². The summed E-state index contributed by atoms with van der Waals surface area (Å²) in [5, 5.41) is 3.16. The third-order valence-electron chi connectivity index (χ3n) is 4.07. The van der Waals surface area contributed by atoms with Crippen LogP contribution in [-0.2, 0) is 19.0 Å². The second kappa shape index (κ2) is 10.1. The van der Waals surface area contributed by atoms with Crippen molar-refractivity contribution in [1.29, 1.82) is 0 Å². The molecule has 0 heterocycles. The van der Waals surface area contributed by atoms with Gasteiger partial charge in [0.15, 0.2) is 0 Å². The molecule has 0 bridgehead atoms. The zero-order valence-electron chi connectivity index (χ0n) is 13.8. The van der Waals surface area contributed by atoms with Gasteiger partial charge in [0.05, 0.1) is 25.9 Å². The van der Waals surface area contributed by atoms with Crippen molar-refractivity contribution in [3.05, 3.63) is 0 Å². The van der Waals surface area contributed by atoms with Crippen LogP contribution in [0.3, 0.4) is 0 Å². The third-order valence-corrected chi connectivity index (χ3v) is 4.07. The Hall–Kier alpha value is -0.650. The number of rotatable bonds is 10. The number of unbranched alkanes of at least 4 members (excludes halogenated alkanes) is 1. The van der Waals surface area contributed by atoms with Crippen molar-refractivity contribution in [3.8, 4) is 0 Å². The SMILES string of the molecule is CCCCOCCOC1CCCC(NC)(C(=O)OCC)C1. The lowest BCUT2D eigenvalue weighted by Gasteiger charge is -2.38. The number of carbonyl (C=O) groups is 1. The van der Waals surface area contributed by atoms with Crippen LogP contribution in [0.1, 0.15) is 52.4 Å². The molecule has 0 aromatic carbocycles. The lowest BCUT2D eigenvalue weighted by molar-refractivity contribution is -0.155. The molecule has 1 saturated carbocycles. The van der Waals surface area contributed by atoms with Gasteiger partial charge in [-0.25, -0.2) is 0 Å². The van der Waals surface area contributed by atoms with Crippen LogP contribution in [-0.4, -0.2) is 51.1 Å². The average Bonchev–Trinajstić information content (AvgIpc) is 2.51. The second-order valence-corrected chi connectivity index (χ2v) is 5.61. The highest BCUT2D eigenvalue weighted by molar-refractivity contribution is 5.81. The van der Waals surface area contributed by atoms with E-state index in [1.54, 1.807) is 0 Å². The van der Waals surface area contributed by atoms with Crippen LogP contribution in [0, 0.1) is 0 Å². The minimum atomic E-state index is -0.581. The molecule has 5 heteroatoms. The van der Waals surface area contributed by atoms with Crippen LogP contribution in [0.5, 0.6) is 0 Å². The van der Waals surface area contributed by atoms with Gasteiger partial charge in [0.2, 0.25) is 0 Å². The topological polar surface area (TPSA) is 56.8 Å². The van der Waals surface area contributed by atoms with E-state index in [0.29, 0.717) is 26.2 Å². The van der Waals surface area contributed by atoms with E-state index >= 15 is 0 Å². The fourth-order valence-electron chi connectivity index (χ4n) is 2.77. The summed E-state index contributed by atoms with van der Waals surface area (Å²) in [6.45, 7) is 6.42. The van der Waals surface area contributed by atoms with E-state index in [0.717, 1.165) is 38.7 Å². The van der Waals surface area contributed by atoms with Gasteiger partial charge in [-0.05, 0) is 39.7 Å². The molecule has 5 nitrogen and oxygen atoms in total. The Morgan fingerprint density at radius 2 is 2.10 bits per heavy atom. The van der Waals surface area contributed by atoms with Crippen molar-refractivity contribution in [2.24, 2.45) is 0 Å². The quantitative estimate of drug-likeness (QED) is 0.495. The van der Waals surface area contributed by atoms with E-state index in [9.17, 15) is 4.79 Å². The van der Waals surface area contributed by atoms with Gasteiger partial charge in [-0.1, -0.05) is 13.3 Å². The predicted octanol–water partition coefficient (Wildman–Crippen LogP) is 2.28. The van der Waals surface area contributed by atoms with Gasteiger partial charge in [0.1, 0.15) is 5.54 Å². The van der Waals surface area contributed by atoms with Gasteiger partial charge in [-0.3, -0.25) is 4.79 Å². The zero-order chi connectivity index (χ0) is 15.6. The third kappa shape index (κ3) is 5.93. The molecule has 0 aliphatic heterocycles. The first-order valence-corrected chi connectivity index (χ1v) is 8.24. The summed E-state index contributed by atoms with van der Waals surface area (Å²) in [5.41, 5.74) is -0.581. The van der Waals surface area contributed by atoms with Gasteiger partial charge in [-0.2, -0.15) is 0 Å². The lowest BCUT2D eigenvalue weighted by Crippen LogP contribution is -2.55. The Balaban J connectivity index is 2.34. The molecule has 2 unspecified atom stereocenters. The number of ether oxygens (including phenoxy) is 3. The largest absolute Gasteiger partial charge is 0.465 e. The number of likely N-dealkylation sites (N-methyl/N-ethyl adjacent to an activating group) is 1. The van der Waals surface area contributed by atoms with Gasteiger partial charge in [-0.15, -0.1) is 0 Å². The first-order valence-electron chi connectivity index (χ1n) is 8.24. The molecule has 1 fully saturated rings. The predicted molar refractivity (Wildman–Crippen MR) is 82.4 cm³/mol. The van der Waals surface area contributed by atoms with Crippen LogP contribution >= 0.6 is 0 Å². The maximum Gasteiger partial charge on any atom is 0.326 e. The Bertz CT molecular complexity index is 298. The molecular formula is C16H31NO4. The van der Waals surface area contributed by atoms with Gasteiger partial charge in [0, 0.05) is 13.0 Å². The maximum absolute atomic E-state index is 12.2.